The molecular weight excluding hydrogens is 394 g/mol. The fraction of sp³-hybridized carbons (Fsp3) is 0. The Morgan fingerprint density at radius 3 is 1.50 bits per heavy atom. The topological polar surface area (TPSA) is 38.2 Å². The van der Waals surface area contributed by atoms with Crippen LogP contribution < -0.4 is 9.64 Å². The van der Waals surface area contributed by atoms with E-state index in [4.69, 9.17) is 4.74 Å². The van der Waals surface area contributed by atoms with Gasteiger partial charge in [-0.2, -0.15) is 0 Å². The number of pyridine rings is 2. The standard InChI is InChI=1S/C28H19N3O/c1-3-16-26-24(14-1)31(25-15-2-4-17-27(25)32-26)28-20(22-12-5-7-18-29-22)10-9-11-21(28)23-13-6-8-19-30-23/h1-19H. The summed E-state index contributed by atoms with van der Waals surface area (Å²) in [4.78, 5) is 11.6. The third kappa shape index (κ3) is 3.01. The van der Waals surface area contributed by atoms with Crippen LogP contribution in [0.2, 0.25) is 0 Å². The maximum atomic E-state index is 6.25. The minimum absolute atomic E-state index is 0.814. The van der Waals surface area contributed by atoms with Gasteiger partial charge in [0.15, 0.2) is 11.5 Å². The highest BCUT2D eigenvalue weighted by Gasteiger charge is 2.29. The van der Waals surface area contributed by atoms with Crippen molar-refractivity contribution in [1.82, 2.24) is 9.97 Å². The molecule has 5 aromatic rings. The van der Waals surface area contributed by atoms with Gasteiger partial charge in [0.05, 0.1) is 28.5 Å². The van der Waals surface area contributed by atoms with Gasteiger partial charge in [0.1, 0.15) is 0 Å². The summed E-state index contributed by atoms with van der Waals surface area (Å²) in [5.41, 5.74) is 6.84. The lowest BCUT2D eigenvalue weighted by molar-refractivity contribution is 0.477. The molecule has 0 N–H and O–H groups in total. The molecule has 0 amide bonds. The summed E-state index contributed by atoms with van der Waals surface area (Å²) in [6, 6.07) is 34.5. The molecule has 0 fully saturated rings. The van der Waals surface area contributed by atoms with Gasteiger partial charge in [0.25, 0.3) is 0 Å². The molecule has 0 saturated carbocycles. The molecule has 0 spiro atoms. The Balaban J connectivity index is 1.71. The monoisotopic (exact) mass is 413 g/mol. The van der Waals surface area contributed by atoms with E-state index in [0.29, 0.717) is 0 Å². The van der Waals surface area contributed by atoms with E-state index in [0.717, 1.165) is 51.1 Å². The lowest BCUT2D eigenvalue weighted by atomic mass is 9.98. The first-order chi connectivity index (χ1) is 15.9. The van der Waals surface area contributed by atoms with E-state index >= 15 is 0 Å². The molecule has 32 heavy (non-hydrogen) atoms. The summed E-state index contributed by atoms with van der Waals surface area (Å²) in [7, 11) is 0. The third-order valence-corrected chi connectivity index (χ3v) is 5.57. The summed E-state index contributed by atoms with van der Waals surface area (Å²) in [6.07, 6.45) is 3.65. The van der Waals surface area contributed by atoms with Crippen LogP contribution in [-0.2, 0) is 0 Å². The smallest absolute Gasteiger partial charge is 0.151 e. The Morgan fingerprint density at radius 1 is 0.500 bits per heavy atom. The van der Waals surface area contributed by atoms with E-state index in [1.807, 2.05) is 85.2 Å². The molecule has 152 valence electrons. The maximum absolute atomic E-state index is 6.25. The molecule has 1 aliphatic rings. The van der Waals surface area contributed by atoms with Gasteiger partial charge in [0, 0.05) is 23.5 Å². The quantitative estimate of drug-likeness (QED) is 0.303. The Bertz CT molecular complexity index is 1300. The van der Waals surface area contributed by atoms with Crippen molar-refractivity contribution >= 4 is 17.1 Å². The van der Waals surface area contributed by atoms with Gasteiger partial charge in [0.2, 0.25) is 0 Å². The minimum Gasteiger partial charge on any atom is -0.453 e. The molecular formula is C28H19N3O. The number of aromatic nitrogens is 2. The molecule has 0 saturated heterocycles. The molecule has 4 heteroatoms. The molecule has 3 heterocycles. The maximum Gasteiger partial charge on any atom is 0.151 e. The van der Waals surface area contributed by atoms with E-state index in [9.17, 15) is 0 Å². The Hall–Kier alpha value is -4.44. The molecule has 0 bridgehead atoms. The predicted molar refractivity (Wildman–Crippen MR) is 128 cm³/mol. The Kier molecular flexibility index (Phi) is 4.40. The number of ether oxygens (including phenoxy) is 1. The highest BCUT2D eigenvalue weighted by molar-refractivity contribution is 5.99. The van der Waals surface area contributed by atoms with Crippen LogP contribution in [0.4, 0.5) is 17.1 Å². The van der Waals surface area contributed by atoms with Gasteiger partial charge in [-0.15, -0.1) is 0 Å². The summed E-state index contributed by atoms with van der Waals surface area (Å²) < 4.78 is 6.25. The number of hydrogen-bond donors (Lipinski definition) is 0. The summed E-state index contributed by atoms with van der Waals surface area (Å²) >= 11 is 0. The van der Waals surface area contributed by atoms with Crippen molar-refractivity contribution in [2.45, 2.75) is 0 Å². The zero-order valence-corrected chi connectivity index (χ0v) is 17.2. The normalized spacial score (nSPS) is 11.9. The average Bonchev–Trinajstić information content (AvgIpc) is 2.88. The van der Waals surface area contributed by atoms with Gasteiger partial charge < -0.3 is 9.64 Å². The average molecular weight is 413 g/mol. The van der Waals surface area contributed by atoms with E-state index in [-0.39, 0.29) is 0 Å². The first kappa shape index (κ1) is 18.3. The first-order valence-electron chi connectivity index (χ1n) is 10.5. The number of fused-ring (bicyclic) bond motifs is 2. The summed E-state index contributed by atoms with van der Waals surface area (Å²) in [5, 5.41) is 0. The minimum atomic E-state index is 0.814. The second-order valence-electron chi connectivity index (χ2n) is 7.50. The zero-order valence-electron chi connectivity index (χ0n) is 17.2. The molecule has 4 nitrogen and oxygen atoms in total. The zero-order chi connectivity index (χ0) is 21.3. The second-order valence-corrected chi connectivity index (χ2v) is 7.50. The van der Waals surface area contributed by atoms with Crippen molar-refractivity contribution in [2.24, 2.45) is 0 Å². The van der Waals surface area contributed by atoms with Crippen molar-refractivity contribution in [3.63, 3.8) is 0 Å². The van der Waals surface area contributed by atoms with Crippen molar-refractivity contribution in [3.05, 3.63) is 116 Å². The number of para-hydroxylation sites is 5. The first-order valence-corrected chi connectivity index (χ1v) is 10.5. The largest absolute Gasteiger partial charge is 0.453 e. The number of rotatable bonds is 3. The van der Waals surface area contributed by atoms with Crippen molar-refractivity contribution in [2.75, 3.05) is 4.90 Å². The molecule has 0 radical (unpaired) electrons. The highest BCUT2D eigenvalue weighted by Crippen LogP contribution is 2.54. The van der Waals surface area contributed by atoms with E-state index in [1.54, 1.807) is 0 Å². The van der Waals surface area contributed by atoms with Crippen LogP contribution in [0.1, 0.15) is 0 Å². The van der Waals surface area contributed by atoms with Gasteiger partial charge in [-0.3, -0.25) is 9.97 Å². The lowest BCUT2D eigenvalue weighted by Gasteiger charge is -2.35. The van der Waals surface area contributed by atoms with Crippen LogP contribution in [0.3, 0.4) is 0 Å². The van der Waals surface area contributed by atoms with Crippen LogP contribution in [0.25, 0.3) is 22.5 Å². The Labute approximate surface area is 186 Å². The van der Waals surface area contributed by atoms with E-state index in [1.165, 1.54) is 0 Å². The van der Waals surface area contributed by atoms with Crippen LogP contribution in [0, 0.1) is 0 Å². The SMILES string of the molecule is c1ccc(-c2cccc(-c3ccccn3)c2N2c3ccccc3Oc3ccccc32)nc1. The van der Waals surface area contributed by atoms with Gasteiger partial charge in [-0.25, -0.2) is 0 Å². The van der Waals surface area contributed by atoms with Gasteiger partial charge in [-0.1, -0.05) is 54.6 Å². The number of hydrogen-bond acceptors (Lipinski definition) is 4. The second kappa shape index (κ2) is 7.67. The molecule has 0 unspecified atom stereocenters. The number of nitrogens with zero attached hydrogens (tertiary/aromatic N) is 3. The van der Waals surface area contributed by atoms with E-state index in [2.05, 4.69) is 45.2 Å². The lowest BCUT2D eigenvalue weighted by Crippen LogP contribution is -2.17. The van der Waals surface area contributed by atoms with Crippen LogP contribution >= 0.6 is 0 Å². The van der Waals surface area contributed by atoms with Crippen LogP contribution in [0.15, 0.2) is 116 Å². The fourth-order valence-electron chi connectivity index (χ4n) is 4.19. The number of benzene rings is 3. The summed E-state index contributed by atoms with van der Waals surface area (Å²) in [6.45, 7) is 0. The van der Waals surface area contributed by atoms with E-state index < -0.39 is 0 Å². The van der Waals surface area contributed by atoms with Crippen molar-refractivity contribution in [1.29, 1.82) is 0 Å². The van der Waals surface area contributed by atoms with Gasteiger partial charge in [-0.05, 0) is 48.5 Å². The highest BCUT2D eigenvalue weighted by atomic mass is 16.5. The third-order valence-electron chi connectivity index (χ3n) is 5.57. The molecule has 2 aromatic heterocycles. The van der Waals surface area contributed by atoms with Crippen LogP contribution in [-0.4, -0.2) is 9.97 Å². The van der Waals surface area contributed by atoms with Crippen LogP contribution in [0.5, 0.6) is 11.5 Å². The molecule has 1 aliphatic heterocycles. The molecule has 3 aromatic carbocycles. The Morgan fingerprint density at radius 2 is 1.00 bits per heavy atom. The van der Waals surface area contributed by atoms with Crippen molar-refractivity contribution < 1.29 is 4.74 Å². The predicted octanol–water partition coefficient (Wildman–Crippen LogP) is 7.39. The summed E-state index contributed by atoms with van der Waals surface area (Å²) in [5.74, 6) is 1.63. The fourth-order valence-corrected chi connectivity index (χ4v) is 4.19. The van der Waals surface area contributed by atoms with Crippen molar-refractivity contribution in [3.8, 4) is 34.0 Å². The molecule has 6 rings (SSSR count). The molecule has 0 atom stereocenters. The van der Waals surface area contributed by atoms with Gasteiger partial charge >= 0.3 is 0 Å². The molecule has 0 aliphatic carbocycles. The number of anilines is 3.